The molecule has 1 aromatic carbocycles. The van der Waals surface area contributed by atoms with Crippen LogP contribution >= 0.6 is 0 Å². The smallest absolute Gasteiger partial charge is 0.0814 e. The van der Waals surface area contributed by atoms with Gasteiger partial charge in [-0.2, -0.15) is 0 Å². The van der Waals surface area contributed by atoms with E-state index in [0.29, 0.717) is 0 Å². The molecule has 0 fully saturated rings. The molecule has 1 aromatic rings. The molecule has 0 N–H and O–H groups in total. The van der Waals surface area contributed by atoms with Crippen molar-refractivity contribution in [3.05, 3.63) is 35.4 Å². The summed E-state index contributed by atoms with van der Waals surface area (Å²) in [5.41, 5.74) is 2.79. The Hall–Kier alpha value is -0.755. The van der Waals surface area contributed by atoms with Crippen molar-refractivity contribution in [1.29, 1.82) is 0 Å². The van der Waals surface area contributed by atoms with Crippen molar-refractivity contribution in [2.75, 3.05) is 14.1 Å². The van der Waals surface area contributed by atoms with Crippen molar-refractivity contribution in [1.82, 2.24) is 4.90 Å². The lowest BCUT2D eigenvalue weighted by Crippen LogP contribution is -2.11. The zero-order valence-electron chi connectivity index (χ0n) is 7.46. The SMILES string of the molecule is B.Cc1ccccc1CN(C)C. The number of hydrogen-bond acceptors (Lipinski definition) is 1. The van der Waals surface area contributed by atoms with Crippen LogP contribution in [0.15, 0.2) is 24.3 Å². The Morgan fingerprint density at radius 2 is 1.75 bits per heavy atom. The first-order chi connectivity index (χ1) is 5.20. The van der Waals surface area contributed by atoms with E-state index >= 15 is 0 Å². The average Bonchev–Trinajstić information content (AvgIpc) is 1.93. The summed E-state index contributed by atoms with van der Waals surface area (Å²) in [5, 5.41) is 0. The van der Waals surface area contributed by atoms with Gasteiger partial charge in [0.1, 0.15) is 0 Å². The molecule has 0 amide bonds. The van der Waals surface area contributed by atoms with Crippen LogP contribution in [0, 0.1) is 6.92 Å². The minimum Gasteiger partial charge on any atom is -0.305 e. The third-order valence-electron chi connectivity index (χ3n) is 1.75. The van der Waals surface area contributed by atoms with Gasteiger partial charge >= 0.3 is 0 Å². The average molecular weight is 163 g/mol. The topological polar surface area (TPSA) is 3.24 Å². The van der Waals surface area contributed by atoms with Crippen LogP contribution in [0.3, 0.4) is 0 Å². The van der Waals surface area contributed by atoms with Crippen LogP contribution in [0.1, 0.15) is 11.1 Å². The Bertz CT molecular complexity index is 233. The van der Waals surface area contributed by atoms with E-state index < -0.39 is 0 Å². The van der Waals surface area contributed by atoms with E-state index in [9.17, 15) is 0 Å². The van der Waals surface area contributed by atoms with Gasteiger partial charge in [-0.25, -0.2) is 0 Å². The van der Waals surface area contributed by atoms with E-state index in [2.05, 4.69) is 50.2 Å². The van der Waals surface area contributed by atoms with Crippen LogP contribution in [-0.2, 0) is 6.54 Å². The Labute approximate surface area is 77.0 Å². The molecule has 1 nitrogen and oxygen atoms in total. The summed E-state index contributed by atoms with van der Waals surface area (Å²) < 4.78 is 0. The molecule has 0 radical (unpaired) electrons. The zero-order valence-corrected chi connectivity index (χ0v) is 7.46. The van der Waals surface area contributed by atoms with Crippen LogP contribution in [0.5, 0.6) is 0 Å². The van der Waals surface area contributed by atoms with Gasteiger partial charge in [-0.05, 0) is 32.1 Å². The maximum atomic E-state index is 2.18. The van der Waals surface area contributed by atoms with Gasteiger partial charge < -0.3 is 4.90 Å². The van der Waals surface area contributed by atoms with Gasteiger partial charge in [0, 0.05) is 6.54 Å². The second-order valence-corrected chi connectivity index (χ2v) is 3.16. The molecule has 12 heavy (non-hydrogen) atoms. The van der Waals surface area contributed by atoms with Crippen molar-refractivity contribution in [2.45, 2.75) is 13.5 Å². The zero-order chi connectivity index (χ0) is 8.27. The molecule has 0 unspecified atom stereocenters. The molecular formula is C10H18BN. The molecule has 0 saturated carbocycles. The lowest BCUT2D eigenvalue weighted by atomic mass is 10.1. The maximum Gasteiger partial charge on any atom is 0.0814 e. The van der Waals surface area contributed by atoms with Crippen LogP contribution in [0.4, 0.5) is 0 Å². The lowest BCUT2D eigenvalue weighted by Gasteiger charge is -2.11. The van der Waals surface area contributed by atoms with Gasteiger partial charge in [0.25, 0.3) is 0 Å². The molecule has 0 aliphatic heterocycles. The summed E-state index contributed by atoms with van der Waals surface area (Å²) in [6.45, 7) is 3.19. The first-order valence-electron chi connectivity index (χ1n) is 3.89. The lowest BCUT2D eigenvalue weighted by molar-refractivity contribution is 0.401. The minimum absolute atomic E-state index is 0. The highest BCUT2D eigenvalue weighted by molar-refractivity contribution is 5.75. The monoisotopic (exact) mass is 163 g/mol. The fourth-order valence-corrected chi connectivity index (χ4v) is 1.13. The van der Waals surface area contributed by atoms with Crippen LogP contribution in [0.25, 0.3) is 0 Å². The van der Waals surface area contributed by atoms with E-state index in [-0.39, 0.29) is 8.41 Å². The standard InChI is InChI=1S/C10H15N.BH3/c1-9-6-4-5-7-10(9)8-11(2)3;/h4-7H,8H2,1-3H3;1H3. The normalized spacial score (nSPS) is 9.67. The Morgan fingerprint density at radius 1 is 1.17 bits per heavy atom. The molecule has 0 bridgehead atoms. The predicted molar refractivity (Wildman–Crippen MR) is 58.5 cm³/mol. The summed E-state index contributed by atoms with van der Waals surface area (Å²) in [4.78, 5) is 2.18. The number of aryl methyl sites for hydroxylation is 1. The maximum absolute atomic E-state index is 2.18. The van der Waals surface area contributed by atoms with Gasteiger partial charge in [-0.3, -0.25) is 0 Å². The molecule has 0 spiro atoms. The van der Waals surface area contributed by atoms with E-state index in [1.807, 2.05) is 0 Å². The molecule has 2 heteroatoms. The third kappa shape index (κ3) is 3.10. The first kappa shape index (κ1) is 11.2. The van der Waals surface area contributed by atoms with E-state index in [0.717, 1.165) is 6.54 Å². The Kier molecular flexibility index (Phi) is 4.68. The highest BCUT2D eigenvalue weighted by Crippen LogP contribution is 2.07. The molecule has 0 aromatic heterocycles. The number of rotatable bonds is 2. The molecule has 1 rings (SSSR count). The second kappa shape index (κ2) is 4.99. The van der Waals surface area contributed by atoms with E-state index in [1.165, 1.54) is 11.1 Å². The predicted octanol–water partition coefficient (Wildman–Crippen LogP) is 0.873. The number of nitrogens with zero attached hydrogens (tertiary/aromatic N) is 1. The van der Waals surface area contributed by atoms with E-state index in [1.54, 1.807) is 0 Å². The van der Waals surface area contributed by atoms with Gasteiger partial charge in [0.05, 0.1) is 8.41 Å². The van der Waals surface area contributed by atoms with Gasteiger partial charge in [-0.15, -0.1) is 0 Å². The van der Waals surface area contributed by atoms with Crippen molar-refractivity contribution in [3.63, 3.8) is 0 Å². The minimum atomic E-state index is 0. The Balaban J connectivity index is 0.00000121. The quantitative estimate of drug-likeness (QED) is 0.585. The first-order valence-corrected chi connectivity index (χ1v) is 3.89. The second-order valence-electron chi connectivity index (χ2n) is 3.16. The molecule has 0 saturated heterocycles. The molecule has 0 atom stereocenters. The molecule has 0 heterocycles. The van der Waals surface area contributed by atoms with Crippen molar-refractivity contribution < 1.29 is 0 Å². The summed E-state index contributed by atoms with van der Waals surface area (Å²) in [5.74, 6) is 0. The van der Waals surface area contributed by atoms with Crippen molar-refractivity contribution in [3.8, 4) is 0 Å². The summed E-state index contributed by atoms with van der Waals surface area (Å²) >= 11 is 0. The molecule has 0 aliphatic carbocycles. The molecule has 0 aliphatic rings. The summed E-state index contributed by atoms with van der Waals surface area (Å²) in [6.07, 6.45) is 0. The number of benzene rings is 1. The van der Waals surface area contributed by atoms with Crippen molar-refractivity contribution >= 4 is 8.41 Å². The Morgan fingerprint density at radius 3 is 2.25 bits per heavy atom. The van der Waals surface area contributed by atoms with Crippen molar-refractivity contribution in [2.24, 2.45) is 0 Å². The van der Waals surface area contributed by atoms with Crippen LogP contribution in [-0.4, -0.2) is 27.4 Å². The molecule has 66 valence electrons. The van der Waals surface area contributed by atoms with Gasteiger partial charge in [-0.1, -0.05) is 24.3 Å². The largest absolute Gasteiger partial charge is 0.305 e. The van der Waals surface area contributed by atoms with E-state index in [4.69, 9.17) is 0 Å². The fourth-order valence-electron chi connectivity index (χ4n) is 1.13. The molecular weight excluding hydrogens is 145 g/mol. The van der Waals surface area contributed by atoms with Crippen LogP contribution in [0.2, 0.25) is 0 Å². The third-order valence-corrected chi connectivity index (χ3v) is 1.75. The van der Waals surface area contributed by atoms with Gasteiger partial charge in [0.15, 0.2) is 0 Å². The fraction of sp³-hybridized carbons (Fsp3) is 0.400. The van der Waals surface area contributed by atoms with Crippen LogP contribution < -0.4 is 0 Å². The summed E-state index contributed by atoms with van der Waals surface area (Å²) in [7, 11) is 4.18. The highest BCUT2D eigenvalue weighted by atomic mass is 15.0. The highest BCUT2D eigenvalue weighted by Gasteiger charge is 1.96. The summed E-state index contributed by atoms with van der Waals surface area (Å²) in [6, 6.07) is 8.49. The van der Waals surface area contributed by atoms with Gasteiger partial charge in [0.2, 0.25) is 0 Å². The number of hydrogen-bond donors (Lipinski definition) is 0.